The third kappa shape index (κ3) is 5.99. The Kier molecular flexibility index (Phi) is 6.83. The molecule has 0 aliphatic carbocycles. The van der Waals surface area contributed by atoms with Crippen molar-refractivity contribution < 1.29 is 4.74 Å². The quantitative estimate of drug-likeness (QED) is 0.720. The van der Waals surface area contributed by atoms with Crippen LogP contribution in [0.4, 0.5) is 0 Å². The molecular weight excluding hydrogens is 296 g/mol. The van der Waals surface area contributed by atoms with Crippen LogP contribution in [-0.4, -0.2) is 18.7 Å². The van der Waals surface area contributed by atoms with E-state index in [1.165, 1.54) is 11.1 Å². The molecule has 2 N–H and O–H groups in total. The zero-order valence-electron chi connectivity index (χ0n) is 15.3. The molecule has 2 rings (SSSR count). The summed E-state index contributed by atoms with van der Waals surface area (Å²) in [4.78, 5) is 0. The van der Waals surface area contributed by atoms with E-state index >= 15 is 0 Å². The molecule has 0 unspecified atom stereocenters. The Labute approximate surface area is 146 Å². The monoisotopic (exact) mass is 326 g/mol. The van der Waals surface area contributed by atoms with E-state index < -0.39 is 0 Å². The number of benzene rings is 2. The highest BCUT2D eigenvalue weighted by molar-refractivity contribution is 5.27. The summed E-state index contributed by atoms with van der Waals surface area (Å²) in [5.41, 5.74) is 2.60. The Hall–Kier alpha value is -1.84. The first-order chi connectivity index (χ1) is 11.5. The van der Waals surface area contributed by atoms with Crippen LogP contribution in [0.15, 0.2) is 54.6 Å². The molecule has 1 atom stereocenters. The van der Waals surface area contributed by atoms with Crippen molar-refractivity contribution >= 4 is 0 Å². The van der Waals surface area contributed by atoms with E-state index in [4.69, 9.17) is 4.74 Å². The molecule has 3 heteroatoms. The highest BCUT2D eigenvalue weighted by Crippen LogP contribution is 2.16. The van der Waals surface area contributed by atoms with Crippen molar-refractivity contribution in [3.8, 4) is 5.75 Å². The van der Waals surface area contributed by atoms with Crippen molar-refractivity contribution in [3.63, 3.8) is 0 Å². The molecule has 0 aliphatic heterocycles. The van der Waals surface area contributed by atoms with Gasteiger partial charge in [-0.25, -0.2) is 0 Å². The van der Waals surface area contributed by atoms with Gasteiger partial charge in [-0.3, -0.25) is 0 Å². The molecule has 0 aliphatic rings. The number of hydrogen-bond donors (Lipinski definition) is 2. The van der Waals surface area contributed by atoms with Gasteiger partial charge in [0.25, 0.3) is 0 Å². The summed E-state index contributed by atoms with van der Waals surface area (Å²) in [6.45, 7) is 11.1. The van der Waals surface area contributed by atoms with Crippen LogP contribution in [0, 0.1) is 0 Å². The van der Waals surface area contributed by atoms with Gasteiger partial charge in [0.1, 0.15) is 5.75 Å². The van der Waals surface area contributed by atoms with Crippen LogP contribution in [0.1, 0.15) is 44.9 Å². The zero-order chi connectivity index (χ0) is 17.4. The first kappa shape index (κ1) is 18.5. The van der Waals surface area contributed by atoms with Crippen molar-refractivity contribution in [2.24, 2.45) is 0 Å². The van der Waals surface area contributed by atoms with Crippen molar-refractivity contribution in [2.75, 3.05) is 13.2 Å². The lowest BCUT2D eigenvalue weighted by atomic mass is 10.0. The van der Waals surface area contributed by atoms with Crippen LogP contribution in [0.25, 0.3) is 0 Å². The molecule has 0 amide bonds. The standard InChI is InChI=1S/C21H30N2O/c1-5-24-20-13-11-18(12-14-20)15-22-16-21(3,4)23-17(2)19-9-7-6-8-10-19/h6-14,17,22-23H,5,15-16H2,1-4H3/t17-/m1/s1. The van der Waals surface area contributed by atoms with E-state index in [1.54, 1.807) is 0 Å². The fraction of sp³-hybridized carbons (Fsp3) is 0.429. The molecule has 130 valence electrons. The van der Waals surface area contributed by atoms with Crippen LogP contribution < -0.4 is 15.4 Å². The largest absolute Gasteiger partial charge is 0.494 e. The highest BCUT2D eigenvalue weighted by Gasteiger charge is 2.20. The maximum absolute atomic E-state index is 5.47. The number of ether oxygens (including phenoxy) is 1. The molecule has 0 aromatic heterocycles. The second-order valence-electron chi connectivity index (χ2n) is 6.84. The Morgan fingerprint density at radius 3 is 2.29 bits per heavy atom. The first-order valence-electron chi connectivity index (χ1n) is 8.75. The maximum atomic E-state index is 5.47. The van der Waals surface area contributed by atoms with E-state index in [-0.39, 0.29) is 5.54 Å². The van der Waals surface area contributed by atoms with Gasteiger partial charge in [0.2, 0.25) is 0 Å². The number of rotatable bonds is 9. The SMILES string of the molecule is CCOc1ccc(CNCC(C)(C)N[C@H](C)c2ccccc2)cc1. The second-order valence-corrected chi connectivity index (χ2v) is 6.84. The lowest BCUT2D eigenvalue weighted by Crippen LogP contribution is -2.48. The number of hydrogen-bond acceptors (Lipinski definition) is 3. The third-order valence-electron chi connectivity index (χ3n) is 4.04. The van der Waals surface area contributed by atoms with Gasteiger partial charge in [-0.15, -0.1) is 0 Å². The minimum atomic E-state index is 0.0144. The molecule has 0 saturated heterocycles. The summed E-state index contributed by atoms with van der Waals surface area (Å²) in [6, 6.07) is 19.2. The fourth-order valence-corrected chi connectivity index (χ4v) is 2.85. The summed E-state index contributed by atoms with van der Waals surface area (Å²) in [5, 5.41) is 7.25. The molecule has 0 heterocycles. The highest BCUT2D eigenvalue weighted by atomic mass is 16.5. The topological polar surface area (TPSA) is 33.3 Å². The Bertz CT molecular complexity index is 593. The maximum Gasteiger partial charge on any atom is 0.119 e. The molecule has 2 aromatic rings. The molecule has 0 fully saturated rings. The van der Waals surface area contributed by atoms with Crippen molar-refractivity contribution in [3.05, 3.63) is 65.7 Å². The predicted octanol–water partition coefficient (Wildman–Crippen LogP) is 4.30. The third-order valence-corrected chi connectivity index (χ3v) is 4.04. The normalized spacial score (nSPS) is 12.8. The van der Waals surface area contributed by atoms with Gasteiger partial charge in [-0.2, -0.15) is 0 Å². The second kappa shape index (κ2) is 8.86. The van der Waals surface area contributed by atoms with Gasteiger partial charge in [-0.1, -0.05) is 42.5 Å². The molecule has 0 spiro atoms. The van der Waals surface area contributed by atoms with E-state index in [2.05, 4.69) is 73.9 Å². The Morgan fingerprint density at radius 1 is 1.00 bits per heavy atom. The van der Waals surface area contributed by atoms with Crippen LogP contribution >= 0.6 is 0 Å². The molecule has 0 saturated carbocycles. The van der Waals surface area contributed by atoms with Crippen LogP contribution in [0.3, 0.4) is 0 Å². The van der Waals surface area contributed by atoms with Crippen molar-refractivity contribution in [1.29, 1.82) is 0 Å². The Balaban J connectivity index is 1.79. The minimum absolute atomic E-state index is 0.0144. The molecule has 3 nitrogen and oxygen atoms in total. The zero-order valence-corrected chi connectivity index (χ0v) is 15.3. The van der Waals surface area contributed by atoms with Gasteiger partial charge >= 0.3 is 0 Å². The lowest BCUT2D eigenvalue weighted by Gasteiger charge is -2.31. The minimum Gasteiger partial charge on any atom is -0.494 e. The van der Waals surface area contributed by atoms with Gasteiger partial charge < -0.3 is 15.4 Å². The summed E-state index contributed by atoms with van der Waals surface area (Å²) in [6.07, 6.45) is 0. The van der Waals surface area contributed by atoms with Gasteiger partial charge in [0.05, 0.1) is 6.61 Å². The van der Waals surface area contributed by atoms with E-state index in [0.717, 1.165) is 18.8 Å². The fourth-order valence-electron chi connectivity index (χ4n) is 2.85. The van der Waals surface area contributed by atoms with E-state index in [1.807, 2.05) is 19.1 Å². The summed E-state index contributed by atoms with van der Waals surface area (Å²) in [7, 11) is 0. The first-order valence-corrected chi connectivity index (χ1v) is 8.75. The summed E-state index contributed by atoms with van der Waals surface area (Å²) < 4.78 is 5.47. The van der Waals surface area contributed by atoms with Crippen molar-refractivity contribution in [2.45, 2.75) is 45.8 Å². The number of nitrogens with one attached hydrogen (secondary N) is 2. The smallest absolute Gasteiger partial charge is 0.119 e. The average Bonchev–Trinajstić information content (AvgIpc) is 2.57. The van der Waals surface area contributed by atoms with E-state index in [0.29, 0.717) is 12.6 Å². The summed E-state index contributed by atoms with van der Waals surface area (Å²) >= 11 is 0. The van der Waals surface area contributed by atoms with Gasteiger partial charge in [0.15, 0.2) is 0 Å². The molecular formula is C21H30N2O. The average molecular weight is 326 g/mol. The Morgan fingerprint density at radius 2 is 1.67 bits per heavy atom. The van der Waals surface area contributed by atoms with Crippen molar-refractivity contribution in [1.82, 2.24) is 10.6 Å². The lowest BCUT2D eigenvalue weighted by molar-refractivity contribution is 0.329. The van der Waals surface area contributed by atoms with Gasteiger partial charge in [0, 0.05) is 24.7 Å². The predicted molar refractivity (Wildman–Crippen MR) is 101 cm³/mol. The van der Waals surface area contributed by atoms with Crippen LogP contribution in [0.5, 0.6) is 5.75 Å². The summed E-state index contributed by atoms with van der Waals surface area (Å²) in [5.74, 6) is 0.930. The molecule has 0 radical (unpaired) electrons. The van der Waals surface area contributed by atoms with E-state index in [9.17, 15) is 0 Å². The van der Waals surface area contributed by atoms with Crippen LogP contribution in [-0.2, 0) is 6.54 Å². The molecule has 0 bridgehead atoms. The van der Waals surface area contributed by atoms with Gasteiger partial charge in [-0.05, 0) is 51.0 Å². The van der Waals surface area contributed by atoms with Crippen LogP contribution in [0.2, 0.25) is 0 Å². The molecule has 2 aromatic carbocycles. The molecule has 24 heavy (non-hydrogen) atoms.